The molecular weight excluding hydrogens is 387 g/mol. The zero-order valence-electron chi connectivity index (χ0n) is 15.8. The largest absolute Gasteiger partial charge is 0.347 e. The number of carbonyl (C=O) groups is 1. The molecule has 1 aromatic carbocycles. The first-order chi connectivity index (χ1) is 14.7. The van der Waals surface area contributed by atoms with Crippen LogP contribution in [0.4, 0.5) is 4.39 Å². The monoisotopic (exact) mass is 404 g/mol. The minimum atomic E-state index is -0.326. The standard InChI is InChI=1S/C21H17FN6O2/c22-16-6-1-13(2-7-16)9-24-20(29)17-11-28(12-25-17)18-8-5-15(10-23-18)21-26-19(27-30-21)14-3-4-14/h1-2,5-8,10-12,14H,3-4,9H2,(H,24,29). The first-order valence-corrected chi connectivity index (χ1v) is 9.53. The van der Waals surface area contributed by atoms with Crippen LogP contribution in [0.2, 0.25) is 0 Å². The highest BCUT2D eigenvalue weighted by molar-refractivity contribution is 5.92. The second kappa shape index (κ2) is 7.51. The van der Waals surface area contributed by atoms with Crippen LogP contribution in [0.25, 0.3) is 17.3 Å². The van der Waals surface area contributed by atoms with Crippen molar-refractivity contribution in [3.05, 3.63) is 78.0 Å². The van der Waals surface area contributed by atoms with Crippen molar-refractivity contribution in [1.82, 2.24) is 30.0 Å². The summed E-state index contributed by atoms with van der Waals surface area (Å²) >= 11 is 0. The summed E-state index contributed by atoms with van der Waals surface area (Å²) in [6, 6.07) is 9.58. The quantitative estimate of drug-likeness (QED) is 0.530. The molecule has 1 fully saturated rings. The lowest BCUT2D eigenvalue weighted by Gasteiger charge is -2.03. The second-order valence-corrected chi connectivity index (χ2v) is 7.11. The maximum atomic E-state index is 13.0. The van der Waals surface area contributed by atoms with Crippen LogP contribution in [0.5, 0.6) is 0 Å². The summed E-state index contributed by atoms with van der Waals surface area (Å²) in [5, 5.41) is 6.77. The molecule has 5 rings (SSSR count). The molecule has 0 bridgehead atoms. The first kappa shape index (κ1) is 18.2. The number of benzene rings is 1. The van der Waals surface area contributed by atoms with E-state index in [1.165, 1.54) is 18.5 Å². The van der Waals surface area contributed by atoms with E-state index >= 15 is 0 Å². The second-order valence-electron chi connectivity index (χ2n) is 7.11. The molecule has 4 aromatic rings. The van der Waals surface area contributed by atoms with E-state index in [9.17, 15) is 9.18 Å². The molecule has 9 heteroatoms. The molecule has 30 heavy (non-hydrogen) atoms. The summed E-state index contributed by atoms with van der Waals surface area (Å²) in [4.78, 5) is 25.3. The fourth-order valence-corrected chi connectivity index (χ4v) is 2.97. The average molecular weight is 404 g/mol. The highest BCUT2D eigenvalue weighted by Gasteiger charge is 2.29. The van der Waals surface area contributed by atoms with Crippen molar-refractivity contribution in [2.45, 2.75) is 25.3 Å². The van der Waals surface area contributed by atoms with Gasteiger partial charge in [0.15, 0.2) is 5.82 Å². The molecule has 0 saturated heterocycles. The van der Waals surface area contributed by atoms with Gasteiger partial charge in [0.05, 0.1) is 5.56 Å². The molecular formula is C21H17FN6O2. The van der Waals surface area contributed by atoms with Gasteiger partial charge in [-0.25, -0.2) is 14.4 Å². The molecule has 0 aliphatic heterocycles. The number of nitrogens with zero attached hydrogens (tertiary/aromatic N) is 5. The van der Waals surface area contributed by atoms with Gasteiger partial charge in [-0.05, 0) is 42.7 Å². The fourth-order valence-electron chi connectivity index (χ4n) is 2.97. The van der Waals surface area contributed by atoms with Crippen LogP contribution in [0.3, 0.4) is 0 Å². The van der Waals surface area contributed by atoms with Crippen LogP contribution >= 0.6 is 0 Å². The molecule has 0 radical (unpaired) electrons. The van der Waals surface area contributed by atoms with Crippen molar-refractivity contribution in [1.29, 1.82) is 0 Å². The van der Waals surface area contributed by atoms with Crippen molar-refractivity contribution >= 4 is 5.91 Å². The fraction of sp³-hybridized carbons (Fsp3) is 0.190. The number of imidazole rings is 1. The van der Waals surface area contributed by atoms with Gasteiger partial charge in [0.1, 0.15) is 23.7 Å². The number of hydrogen-bond donors (Lipinski definition) is 1. The third-order valence-electron chi connectivity index (χ3n) is 4.83. The lowest BCUT2D eigenvalue weighted by molar-refractivity contribution is 0.0946. The van der Waals surface area contributed by atoms with Gasteiger partial charge in [0.2, 0.25) is 0 Å². The molecule has 8 nitrogen and oxygen atoms in total. The van der Waals surface area contributed by atoms with Crippen LogP contribution in [0, 0.1) is 5.82 Å². The minimum absolute atomic E-state index is 0.258. The molecule has 1 saturated carbocycles. The van der Waals surface area contributed by atoms with Gasteiger partial charge in [-0.2, -0.15) is 4.98 Å². The number of carbonyl (C=O) groups excluding carboxylic acids is 1. The van der Waals surface area contributed by atoms with Crippen molar-refractivity contribution in [3.63, 3.8) is 0 Å². The molecule has 3 aromatic heterocycles. The molecule has 1 aliphatic carbocycles. The van der Waals surface area contributed by atoms with E-state index in [2.05, 4.69) is 25.4 Å². The molecule has 1 N–H and O–H groups in total. The van der Waals surface area contributed by atoms with Crippen LogP contribution in [0.15, 0.2) is 59.6 Å². The maximum Gasteiger partial charge on any atom is 0.271 e. The van der Waals surface area contributed by atoms with Crippen LogP contribution in [0.1, 0.15) is 40.6 Å². The zero-order valence-corrected chi connectivity index (χ0v) is 15.8. The van der Waals surface area contributed by atoms with Crippen LogP contribution in [-0.4, -0.2) is 30.6 Å². The Balaban J connectivity index is 1.25. The number of pyridine rings is 1. The lowest BCUT2D eigenvalue weighted by Crippen LogP contribution is -2.23. The molecule has 150 valence electrons. The average Bonchev–Trinajstić information content (AvgIpc) is 3.30. The number of hydrogen-bond acceptors (Lipinski definition) is 6. The lowest BCUT2D eigenvalue weighted by atomic mass is 10.2. The Morgan fingerprint density at radius 1 is 1.17 bits per heavy atom. The number of rotatable bonds is 6. The Kier molecular flexibility index (Phi) is 4.55. The van der Waals surface area contributed by atoms with Crippen molar-refractivity contribution in [3.8, 4) is 17.3 Å². The van der Waals surface area contributed by atoms with Crippen molar-refractivity contribution in [2.24, 2.45) is 0 Å². The van der Waals surface area contributed by atoms with Crippen LogP contribution < -0.4 is 5.32 Å². The van der Waals surface area contributed by atoms with E-state index in [4.69, 9.17) is 4.52 Å². The van der Waals surface area contributed by atoms with Gasteiger partial charge in [0, 0.05) is 24.9 Å². The van der Waals surface area contributed by atoms with Gasteiger partial charge >= 0.3 is 0 Å². The summed E-state index contributed by atoms with van der Waals surface area (Å²) in [6.07, 6.45) is 6.98. The summed E-state index contributed by atoms with van der Waals surface area (Å²) in [7, 11) is 0. The van der Waals surface area contributed by atoms with E-state index < -0.39 is 0 Å². The number of aromatic nitrogens is 5. The van der Waals surface area contributed by atoms with E-state index in [-0.39, 0.29) is 24.0 Å². The molecule has 1 amide bonds. The zero-order chi connectivity index (χ0) is 20.5. The highest BCUT2D eigenvalue weighted by Crippen LogP contribution is 2.38. The van der Waals surface area contributed by atoms with Gasteiger partial charge < -0.3 is 9.84 Å². The predicted molar refractivity (Wildman–Crippen MR) is 104 cm³/mol. The molecule has 1 aliphatic rings. The van der Waals surface area contributed by atoms with Crippen LogP contribution in [-0.2, 0) is 6.54 Å². The Bertz CT molecular complexity index is 1180. The van der Waals surface area contributed by atoms with Crippen molar-refractivity contribution < 1.29 is 13.7 Å². The van der Waals surface area contributed by atoms with E-state index in [0.29, 0.717) is 17.6 Å². The SMILES string of the molecule is O=C(NCc1ccc(F)cc1)c1cn(-c2ccc(-c3nc(C4CC4)no3)cn2)cn1. The number of nitrogens with one attached hydrogen (secondary N) is 1. The van der Waals surface area contributed by atoms with Gasteiger partial charge in [0.25, 0.3) is 11.8 Å². The van der Waals surface area contributed by atoms with Crippen molar-refractivity contribution in [2.75, 3.05) is 0 Å². The number of amides is 1. The summed E-state index contributed by atoms with van der Waals surface area (Å²) in [5.41, 5.74) is 1.79. The van der Waals surface area contributed by atoms with E-state index in [0.717, 1.165) is 29.8 Å². The van der Waals surface area contributed by atoms with Gasteiger partial charge in [-0.15, -0.1) is 0 Å². The Morgan fingerprint density at radius 3 is 2.73 bits per heavy atom. The van der Waals surface area contributed by atoms with Gasteiger partial charge in [-0.1, -0.05) is 17.3 Å². The Morgan fingerprint density at radius 2 is 2.00 bits per heavy atom. The first-order valence-electron chi connectivity index (χ1n) is 9.53. The molecule has 3 heterocycles. The summed E-state index contributed by atoms with van der Waals surface area (Å²) in [6.45, 7) is 0.284. The minimum Gasteiger partial charge on any atom is -0.347 e. The molecule has 0 spiro atoms. The molecule has 0 atom stereocenters. The predicted octanol–water partition coefficient (Wildman–Crippen LogP) is 3.26. The van der Waals surface area contributed by atoms with Gasteiger partial charge in [-0.3, -0.25) is 9.36 Å². The summed E-state index contributed by atoms with van der Waals surface area (Å²) in [5.74, 6) is 1.58. The normalized spacial score (nSPS) is 13.4. The third-order valence-corrected chi connectivity index (χ3v) is 4.83. The van der Waals surface area contributed by atoms with E-state index in [1.54, 1.807) is 35.2 Å². The maximum absolute atomic E-state index is 13.0. The Hall–Kier alpha value is -3.88. The highest BCUT2D eigenvalue weighted by atomic mass is 19.1. The third kappa shape index (κ3) is 3.82. The molecule has 0 unspecified atom stereocenters. The van der Waals surface area contributed by atoms with E-state index in [1.807, 2.05) is 6.07 Å². The number of halogens is 1. The smallest absolute Gasteiger partial charge is 0.271 e. The Labute approximate surface area is 170 Å². The topological polar surface area (TPSA) is 98.7 Å². The summed E-state index contributed by atoms with van der Waals surface area (Å²) < 4.78 is 19.9.